The molecule has 3 heterocycles. The van der Waals surface area contributed by atoms with Crippen molar-refractivity contribution in [3.05, 3.63) is 160 Å². The molecule has 524 valence electrons. The number of hydrogen-bond acceptors (Lipinski definition) is 18. The third-order valence-corrected chi connectivity index (χ3v) is 22.1. The van der Waals surface area contributed by atoms with Crippen LogP contribution in [0.5, 0.6) is 0 Å². The van der Waals surface area contributed by atoms with Crippen LogP contribution in [0.15, 0.2) is 133 Å². The van der Waals surface area contributed by atoms with Crippen LogP contribution < -0.4 is 52.4 Å². The SMILES string of the molecule is NCCCC[C@H](NC(=O)C1CCCC1)C(=O)c1nc2ccccc2s1.N[I-]C[C@@H](CCCCNC(=O)OCc1ccccc1)C(=O)c1nc2ccccc2s1.O=C(NCCCC[C@H](NC(=O)C1CCCC1)C(=O)c1nc2ccccc2s1)OCc1ccccc1.O=C(O)C1CCCC1. The van der Waals surface area contributed by atoms with E-state index in [1.807, 2.05) is 133 Å². The normalized spacial score (nSPS) is 14.8. The van der Waals surface area contributed by atoms with Crippen LogP contribution in [0.2, 0.25) is 0 Å². The molecule has 9 N–H and O–H groups in total. The summed E-state index contributed by atoms with van der Waals surface area (Å²) in [4.78, 5) is 112. The largest absolute Gasteiger partial charge is 0.481 e. The van der Waals surface area contributed by atoms with Gasteiger partial charge in [0.1, 0.15) is 6.61 Å². The summed E-state index contributed by atoms with van der Waals surface area (Å²) in [6.45, 7) is 2.03. The third-order valence-electron chi connectivity index (χ3n) is 17.4. The van der Waals surface area contributed by atoms with Crippen molar-refractivity contribution in [2.75, 3.05) is 24.1 Å². The number of hydrogen-bond donors (Lipinski definition) is 7. The second-order valence-electron chi connectivity index (χ2n) is 24.7. The van der Waals surface area contributed by atoms with E-state index in [0.29, 0.717) is 60.3 Å². The Morgan fingerprint density at radius 1 is 0.469 bits per heavy atom. The number of aromatic nitrogens is 3. The van der Waals surface area contributed by atoms with Gasteiger partial charge in [0.05, 0.1) is 38.4 Å². The number of rotatable bonds is 31. The molecule has 20 nitrogen and oxygen atoms in total. The number of carbonyl (C=O) groups is 8. The van der Waals surface area contributed by atoms with Crippen molar-refractivity contribution in [1.82, 2.24) is 36.2 Å². The van der Waals surface area contributed by atoms with E-state index in [-0.39, 0.29) is 66.0 Å². The van der Waals surface area contributed by atoms with E-state index in [9.17, 15) is 38.4 Å². The fourth-order valence-electron chi connectivity index (χ4n) is 11.9. The Kier molecular flexibility index (Phi) is 32.4. The summed E-state index contributed by atoms with van der Waals surface area (Å²) < 4.78 is 20.0. The molecule has 98 heavy (non-hydrogen) atoms. The number of alkyl carbamates (subject to hydrolysis) is 2. The van der Waals surface area contributed by atoms with Crippen LogP contribution >= 0.6 is 34.0 Å². The number of unbranched alkanes of at least 4 members (excludes halogenated alkanes) is 3. The number of carboxylic acid groups (broad SMARTS) is 1. The van der Waals surface area contributed by atoms with Crippen molar-refractivity contribution in [2.24, 2.45) is 33.4 Å². The maximum atomic E-state index is 13.3. The molecule has 3 atom stereocenters. The zero-order valence-electron chi connectivity index (χ0n) is 55.4. The molecule has 0 unspecified atom stereocenters. The number of carboxylic acids is 1. The van der Waals surface area contributed by atoms with Crippen LogP contribution in [-0.2, 0) is 37.1 Å². The number of nitrogens with two attached hydrogens (primary N) is 2. The minimum Gasteiger partial charge on any atom is -0.481 e. The summed E-state index contributed by atoms with van der Waals surface area (Å²) in [6, 6.07) is 41.1. The Labute approximate surface area is 595 Å². The third kappa shape index (κ3) is 25.0. The van der Waals surface area contributed by atoms with Gasteiger partial charge in [0.2, 0.25) is 23.4 Å². The molecule has 0 bridgehead atoms. The number of fused-ring (bicyclic) bond motifs is 3. The predicted octanol–water partition coefficient (Wildman–Crippen LogP) is 10.9. The molecule has 0 saturated heterocycles. The van der Waals surface area contributed by atoms with E-state index in [2.05, 4.69) is 36.2 Å². The van der Waals surface area contributed by atoms with Gasteiger partial charge >= 0.3 is 185 Å². The molecule has 0 spiro atoms. The van der Waals surface area contributed by atoms with Gasteiger partial charge in [-0.3, -0.25) is 24.0 Å². The maximum absolute atomic E-state index is 13.3. The molecule has 3 saturated carbocycles. The molecule has 24 heteroatoms. The van der Waals surface area contributed by atoms with Crippen molar-refractivity contribution in [3.63, 3.8) is 0 Å². The molecule has 3 aromatic heterocycles. The first kappa shape index (κ1) is 76.1. The van der Waals surface area contributed by atoms with Crippen LogP contribution in [0.1, 0.15) is 175 Å². The molecule has 5 aromatic carbocycles. The van der Waals surface area contributed by atoms with Gasteiger partial charge in [-0.15, -0.1) is 22.7 Å². The number of ether oxygens (including phenoxy) is 2. The Balaban J connectivity index is 0.000000179. The molecular weight excluding hydrogens is 1410 g/mol. The zero-order valence-corrected chi connectivity index (χ0v) is 60.0. The van der Waals surface area contributed by atoms with Gasteiger partial charge in [0.25, 0.3) is 0 Å². The molecule has 0 radical (unpaired) electrons. The van der Waals surface area contributed by atoms with Crippen molar-refractivity contribution < 1.29 is 74.4 Å². The Morgan fingerprint density at radius 3 is 1.19 bits per heavy atom. The molecule has 0 aliphatic heterocycles. The number of aliphatic carboxylic acids is 1. The number of benzene rings is 5. The van der Waals surface area contributed by atoms with Crippen molar-refractivity contribution in [1.29, 1.82) is 0 Å². The van der Waals surface area contributed by atoms with Crippen molar-refractivity contribution in [2.45, 2.75) is 160 Å². The number of ketones is 3. The maximum Gasteiger partial charge on any atom is 0.407 e. The van der Waals surface area contributed by atoms with E-state index in [1.54, 1.807) is 0 Å². The first-order valence-corrected chi connectivity index (χ1v) is 39.4. The minimum atomic E-state index is -0.617. The fourth-order valence-corrected chi connectivity index (χ4v) is 16.2. The average Bonchev–Trinajstić information content (AvgIpc) is 1.69. The van der Waals surface area contributed by atoms with Crippen LogP contribution in [0.3, 0.4) is 0 Å². The van der Waals surface area contributed by atoms with Crippen LogP contribution in [-0.4, -0.2) is 104 Å². The number of nitrogens with zero attached hydrogens (tertiary/aromatic N) is 3. The molecule has 8 aromatic rings. The number of halogens is 1. The summed E-state index contributed by atoms with van der Waals surface area (Å²) in [5.74, 6) is -0.823. The van der Waals surface area contributed by atoms with E-state index in [1.165, 1.54) is 34.0 Å². The number of Topliss-reactive ketones (excluding diaryl/α,β-unsaturated/α-hetero) is 3. The summed E-state index contributed by atoms with van der Waals surface area (Å²) >= 11 is 3.72. The molecular formula is C74H91IN9O11S3-. The Morgan fingerprint density at radius 2 is 0.827 bits per heavy atom. The summed E-state index contributed by atoms with van der Waals surface area (Å²) in [6.07, 6.45) is 17.5. The summed E-state index contributed by atoms with van der Waals surface area (Å²) in [5.41, 5.74) is 9.94. The van der Waals surface area contributed by atoms with Crippen molar-refractivity contribution >= 4 is 112 Å². The van der Waals surface area contributed by atoms with E-state index >= 15 is 0 Å². The molecule has 3 aliphatic carbocycles. The number of amides is 4. The van der Waals surface area contributed by atoms with E-state index < -0.39 is 51.7 Å². The smallest absolute Gasteiger partial charge is 0.407 e. The van der Waals surface area contributed by atoms with Gasteiger partial charge in [-0.1, -0.05) is 111 Å². The van der Waals surface area contributed by atoms with Crippen LogP contribution in [0.25, 0.3) is 30.6 Å². The molecule has 11 rings (SSSR count). The van der Waals surface area contributed by atoms with Gasteiger partial charge in [-0.2, -0.15) is 0 Å². The molecule has 4 amide bonds. The van der Waals surface area contributed by atoms with Gasteiger partial charge < -0.3 is 31.5 Å². The number of nitrogens with one attached hydrogen (secondary N) is 4. The average molecular weight is 1510 g/mol. The summed E-state index contributed by atoms with van der Waals surface area (Å²) in [5, 5.41) is 21.4. The van der Waals surface area contributed by atoms with Crippen molar-refractivity contribution in [3.8, 4) is 0 Å². The second-order valence-corrected chi connectivity index (χ2v) is 29.6. The number of carbonyl (C=O) groups excluding carboxylic acids is 7. The Bertz CT molecular complexity index is 3720. The van der Waals surface area contributed by atoms with E-state index in [4.69, 9.17) is 24.3 Å². The summed E-state index contributed by atoms with van der Waals surface area (Å²) in [7, 11) is 0. The fraction of sp³-hybridized carbons (Fsp3) is 0.446. The first-order chi connectivity index (χ1) is 47.8. The minimum absolute atomic E-state index is 0.0123. The number of thiazole rings is 3. The van der Waals surface area contributed by atoms with E-state index in [0.717, 1.165) is 155 Å². The molecule has 3 fully saturated rings. The molecule has 3 aliphatic rings. The van der Waals surface area contributed by atoms with Gasteiger partial charge in [0.15, 0.2) is 10.0 Å². The van der Waals surface area contributed by atoms with Gasteiger partial charge in [-0.05, 0) is 113 Å². The zero-order chi connectivity index (χ0) is 69.3. The number of alkyl halides is 1. The van der Waals surface area contributed by atoms with Gasteiger partial charge in [-0.25, -0.2) is 14.8 Å². The first-order valence-electron chi connectivity index (χ1n) is 34.2. The monoisotopic (exact) mass is 1500 g/mol. The number of para-hydroxylation sites is 3. The second kappa shape index (κ2) is 41.7. The topological polar surface area (TPSA) is 314 Å². The van der Waals surface area contributed by atoms with Crippen LogP contribution in [0, 0.1) is 23.7 Å². The standard InChI is InChI=1S/C27H31N3O4S.C22H25IN3O3S.C19H25N3O2S.C6H10O2/c31-24(26-30-21-14-6-7-16-23(21)35-26)22(29-25(32)20-12-4-5-13-20)15-8-9-17-28-27(33)34-18-19-10-2-1-3-11-19;24-23-14-17(20(27)21-26-18-11-4-5-12-19(18)30-21)10-6-7-13-25-22(28)29-15-16-8-2-1-3-9-16;20-12-6-5-10-15(21-18(24)13-7-1-2-8-13)17(23)19-22-14-9-3-4-11-16(14)25-19;7-6(8)5-3-1-2-4-5/h1-3,6-7,10-11,14,16,20,22H,4-5,8-9,12-13,15,17-18H2,(H,28,33)(H,29,32);1-5,8-9,11-12,17H,6-7,10,13-15,24H2,(H,25,28);3-4,9,11,13,15H,1-2,5-8,10,12,20H2,(H,21,24);5H,1-4H2,(H,7,8)/q;-1;;/t22-;17-;15-;/m010./s1. The predicted molar refractivity (Wildman–Crippen MR) is 382 cm³/mol. The van der Waals surface area contributed by atoms with Crippen LogP contribution in [0.4, 0.5) is 9.59 Å². The quantitative estimate of drug-likeness (QED) is 0.00698. The Hall–Kier alpha value is -7.62. The van der Waals surface area contributed by atoms with Gasteiger partial charge in [0, 0.05) is 18.4 Å².